The summed E-state index contributed by atoms with van der Waals surface area (Å²) in [6.07, 6.45) is 2.71. The number of rotatable bonds is 6. The molecule has 0 spiro atoms. The average molecular weight is 371 g/mol. The molecule has 0 saturated carbocycles. The van der Waals surface area contributed by atoms with Gasteiger partial charge in [0.15, 0.2) is 0 Å². The van der Waals surface area contributed by atoms with Crippen molar-refractivity contribution in [2.75, 3.05) is 11.9 Å². The van der Waals surface area contributed by atoms with E-state index in [-0.39, 0.29) is 5.56 Å². The highest BCUT2D eigenvalue weighted by molar-refractivity contribution is 7.20. The van der Waals surface area contributed by atoms with E-state index in [0.717, 1.165) is 36.6 Å². The SMILES string of the molecule is CCCc1cc(=O)n2nc(NCCc3csc4ccccc34)sc2n1. The van der Waals surface area contributed by atoms with Crippen LogP contribution in [-0.2, 0) is 12.8 Å². The molecule has 0 aliphatic rings. The van der Waals surface area contributed by atoms with Gasteiger partial charge in [-0.2, -0.15) is 4.52 Å². The fourth-order valence-electron chi connectivity index (χ4n) is 2.84. The van der Waals surface area contributed by atoms with Gasteiger partial charge in [0.05, 0.1) is 0 Å². The topological polar surface area (TPSA) is 59.3 Å². The molecule has 4 rings (SSSR count). The Morgan fingerprint density at radius 2 is 2.12 bits per heavy atom. The Balaban J connectivity index is 1.49. The third-order valence-corrected chi connectivity index (χ3v) is 5.91. The number of anilines is 1. The molecule has 0 radical (unpaired) electrons. The van der Waals surface area contributed by atoms with Crippen LogP contribution in [-0.4, -0.2) is 21.1 Å². The Kier molecular flexibility index (Phi) is 4.50. The Morgan fingerprint density at radius 1 is 1.24 bits per heavy atom. The predicted octanol–water partition coefficient (Wildman–Crippen LogP) is 3.97. The first-order valence-corrected chi connectivity index (χ1v) is 10.0. The second kappa shape index (κ2) is 6.93. The highest BCUT2D eigenvalue weighted by Gasteiger charge is 2.09. The number of aryl methyl sites for hydroxylation is 1. The van der Waals surface area contributed by atoms with Crippen molar-refractivity contribution < 1.29 is 0 Å². The summed E-state index contributed by atoms with van der Waals surface area (Å²) < 4.78 is 2.70. The molecule has 4 aromatic rings. The molecule has 0 atom stereocenters. The predicted molar refractivity (Wildman–Crippen MR) is 105 cm³/mol. The number of nitrogens with one attached hydrogen (secondary N) is 1. The molecule has 25 heavy (non-hydrogen) atoms. The third-order valence-electron chi connectivity index (χ3n) is 4.04. The zero-order valence-corrected chi connectivity index (χ0v) is 15.5. The maximum Gasteiger partial charge on any atom is 0.275 e. The van der Waals surface area contributed by atoms with Gasteiger partial charge >= 0.3 is 0 Å². The number of fused-ring (bicyclic) bond motifs is 2. The molecule has 0 amide bonds. The minimum Gasteiger partial charge on any atom is -0.360 e. The summed E-state index contributed by atoms with van der Waals surface area (Å²) in [6, 6.07) is 10.0. The molecule has 7 heteroatoms. The summed E-state index contributed by atoms with van der Waals surface area (Å²) in [6.45, 7) is 2.86. The molecule has 0 saturated heterocycles. The highest BCUT2D eigenvalue weighted by Crippen LogP contribution is 2.26. The monoisotopic (exact) mass is 370 g/mol. The standard InChI is InChI=1S/C18H18N4OS2/c1-2-5-13-10-16(23)22-18(20-13)25-17(21-22)19-9-8-12-11-24-15-7-4-3-6-14(12)15/h3-4,6-7,10-11H,2,5,8-9H2,1H3,(H,19,21). The van der Waals surface area contributed by atoms with E-state index in [1.165, 1.54) is 31.5 Å². The van der Waals surface area contributed by atoms with E-state index in [1.54, 1.807) is 17.4 Å². The lowest BCUT2D eigenvalue weighted by Crippen LogP contribution is -2.15. The first-order chi connectivity index (χ1) is 12.2. The van der Waals surface area contributed by atoms with Gasteiger partial charge in [-0.1, -0.05) is 42.9 Å². The van der Waals surface area contributed by atoms with Crippen LogP contribution in [0.5, 0.6) is 0 Å². The second-order valence-corrected chi connectivity index (χ2v) is 7.74. The van der Waals surface area contributed by atoms with Crippen LogP contribution in [0.3, 0.4) is 0 Å². The van der Waals surface area contributed by atoms with Gasteiger partial charge < -0.3 is 5.32 Å². The molecule has 1 N–H and O–H groups in total. The molecule has 0 aliphatic heterocycles. The molecule has 128 valence electrons. The fourth-order valence-corrected chi connectivity index (χ4v) is 4.69. The molecule has 0 bridgehead atoms. The van der Waals surface area contributed by atoms with E-state index in [4.69, 9.17) is 0 Å². The fraction of sp³-hybridized carbons (Fsp3) is 0.278. The smallest absolute Gasteiger partial charge is 0.275 e. The zero-order valence-electron chi connectivity index (χ0n) is 13.9. The van der Waals surface area contributed by atoms with E-state index in [0.29, 0.717) is 4.96 Å². The number of benzene rings is 1. The van der Waals surface area contributed by atoms with E-state index >= 15 is 0 Å². The average Bonchev–Trinajstić information content (AvgIpc) is 3.20. The lowest BCUT2D eigenvalue weighted by Gasteiger charge is -2.01. The van der Waals surface area contributed by atoms with Gasteiger partial charge in [-0.05, 0) is 35.2 Å². The van der Waals surface area contributed by atoms with Crippen LogP contribution in [0.15, 0.2) is 40.5 Å². The maximum atomic E-state index is 12.1. The summed E-state index contributed by atoms with van der Waals surface area (Å²) in [5, 5.41) is 11.9. The van der Waals surface area contributed by atoms with Crippen molar-refractivity contribution in [1.29, 1.82) is 0 Å². The number of aromatic nitrogens is 3. The van der Waals surface area contributed by atoms with Crippen molar-refractivity contribution in [3.05, 3.63) is 57.3 Å². The van der Waals surface area contributed by atoms with Crippen LogP contribution in [0.4, 0.5) is 5.13 Å². The van der Waals surface area contributed by atoms with Crippen molar-refractivity contribution >= 4 is 42.9 Å². The van der Waals surface area contributed by atoms with E-state index in [9.17, 15) is 4.79 Å². The van der Waals surface area contributed by atoms with Crippen molar-refractivity contribution in [1.82, 2.24) is 14.6 Å². The molecule has 1 aromatic carbocycles. The van der Waals surface area contributed by atoms with Crippen molar-refractivity contribution in [2.45, 2.75) is 26.2 Å². The molecule has 0 fully saturated rings. The first kappa shape index (κ1) is 16.2. The summed E-state index contributed by atoms with van der Waals surface area (Å²) in [5.41, 5.74) is 2.07. The maximum absolute atomic E-state index is 12.1. The number of hydrogen-bond acceptors (Lipinski definition) is 6. The van der Waals surface area contributed by atoms with E-state index in [2.05, 4.69) is 52.0 Å². The van der Waals surface area contributed by atoms with Gasteiger partial charge in [0.2, 0.25) is 10.1 Å². The second-order valence-electron chi connectivity index (χ2n) is 5.87. The van der Waals surface area contributed by atoms with E-state index in [1.807, 2.05) is 0 Å². The van der Waals surface area contributed by atoms with Gasteiger partial charge in [0.1, 0.15) is 0 Å². The van der Waals surface area contributed by atoms with Crippen LogP contribution < -0.4 is 10.9 Å². The summed E-state index contributed by atoms with van der Waals surface area (Å²) in [4.78, 5) is 17.3. The molecular formula is C18H18N4OS2. The third kappa shape index (κ3) is 3.29. The van der Waals surface area contributed by atoms with Crippen molar-refractivity contribution in [3.8, 4) is 0 Å². The van der Waals surface area contributed by atoms with Gasteiger partial charge in [-0.15, -0.1) is 16.4 Å². The largest absolute Gasteiger partial charge is 0.360 e. The van der Waals surface area contributed by atoms with Gasteiger partial charge in [0.25, 0.3) is 5.56 Å². The quantitative estimate of drug-likeness (QED) is 0.558. The van der Waals surface area contributed by atoms with E-state index < -0.39 is 0 Å². The minimum absolute atomic E-state index is 0.110. The van der Waals surface area contributed by atoms with Crippen LogP contribution >= 0.6 is 22.7 Å². The summed E-state index contributed by atoms with van der Waals surface area (Å²) in [5.74, 6) is 0. The summed E-state index contributed by atoms with van der Waals surface area (Å²) in [7, 11) is 0. The molecule has 0 aliphatic carbocycles. The van der Waals surface area contributed by atoms with Crippen LogP contribution in [0, 0.1) is 0 Å². The summed E-state index contributed by atoms with van der Waals surface area (Å²) >= 11 is 3.20. The molecule has 3 heterocycles. The number of thiophene rings is 1. The Morgan fingerprint density at radius 3 is 3.00 bits per heavy atom. The van der Waals surface area contributed by atoms with Crippen molar-refractivity contribution in [3.63, 3.8) is 0 Å². The van der Waals surface area contributed by atoms with Gasteiger partial charge in [-0.25, -0.2) is 4.98 Å². The molecular weight excluding hydrogens is 352 g/mol. The molecule has 3 aromatic heterocycles. The Labute approximate surface area is 153 Å². The number of hydrogen-bond donors (Lipinski definition) is 1. The van der Waals surface area contributed by atoms with Gasteiger partial charge in [-0.3, -0.25) is 4.79 Å². The lowest BCUT2D eigenvalue weighted by molar-refractivity contribution is 0.839. The number of nitrogens with zero attached hydrogens (tertiary/aromatic N) is 3. The molecule has 0 unspecified atom stereocenters. The van der Waals surface area contributed by atoms with Gasteiger partial charge in [0, 0.05) is 23.0 Å². The first-order valence-electron chi connectivity index (χ1n) is 8.33. The van der Waals surface area contributed by atoms with Crippen molar-refractivity contribution in [2.24, 2.45) is 0 Å². The highest BCUT2D eigenvalue weighted by atomic mass is 32.1. The van der Waals surface area contributed by atoms with Crippen LogP contribution in [0.25, 0.3) is 15.0 Å². The lowest BCUT2D eigenvalue weighted by atomic mass is 10.1. The van der Waals surface area contributed by atoms with Crippen LogP contribution in [0.1, 0.15) is 24.6 Å². The Hall–Kier alpha value is -2.25. The Bertz CT molecular complexity index is 1080. The van der Waals surface area contributed by atoms with Crippen LogP contribution in [0.2, 0.25) is 0 Å². The minimum atomic E-state index is -0.110. The normalized spacial score (nSPS) is 11.4. The molecule has 5 nitrogen and oxygen atoms in total. The zero-order chi connectivity index (χ0) is 17.2.